The molecule has 1 aliphatic rings. The summed E-state index contributed by atoms with van der Waals surface area (Å²) in [6, 6.07) is 9.55. The molecule has 0 aliphatic heterocycles. The second kappa shape index (κ2) is 5.01. The molecule has 2 unspecified atom stereocenters. The van der Waals surface area contributed by atoms with E-state index in [0.717, 1.165) is 18.4 Å². The average molecular weight is 217 g/mol. The van der Waals surface area contributed by atoms with Crippen molar-refractivity contribution in [3.05, 3.63) is 35.4 Å². The minimum Gasteiger partial charge on any atom is -0.310 e. The first-order valence-corrected chi connectivity index (χ1v) is 6.54. The van der Waals surface area contributed by atoms with Gasteiger partial charge in [-0.05, 0) is 42.3 Å². The van der Waals surface area contributed by atoms with E-state index in [1.54, 1.807) is 5.56 Å². The molecule has 1 aliphatic carbocycles. The van der Waals surface area contributed by atoms with Crippen LogP contribution in [0.5, 0.6) is 0 Å². The molecule has 0 saturated heterocycles. The lowest BCUT2D eigenvalue weighted by Gasteiger charge is -2.14. The molecule has 1 N–H and O–H groups in total. The third-order valence-electron chi connectivity index (χ3n) is 3.54. The van der Waals surface area contributed by atoms with Gasteiger partial charge >= 0.3 is 0 Å². The Kier molecular flexibility index (Phi) is 3.65. The van der Waals surface area contributed by atoms with Crippen molar-refractivity contribution in [3.8, 4) is 0 Å². The molecule has 0 fully saturated rings. The van der Waals surface area contributed by atoms with Gasteiger partial charge in [0.2, 0.25) is 0 Å². The van der Waals surface area contributed by atoms with Crippen molar-refractivity contribution in [1.82, 2.24) is 5.32 Å². The summed E-state index contributed by atoms with van der Waals surface area (Å²) in [5.74, 6) is 1.55. The fourth-order valence-corrected chi connectivity index (χ4v) is 2.97. The van der Waals surface area contributed by atoms with E-state index in [1.807, 2.05) is 0 Å². The van der Waals surface area contributed by atoms with Gasteiger partial charge in [-0.25, -0.2) is 0 Å². The van der Waals surface area contributed by atoms with Crippen LogP contribution in [0, 0.1) is 5.92 Å². The molecule has 0 heterocycles. The summed E-state index contributed by atoms with van der Waals surface area (Å²) in [6.45, 7) is 7.90. The SMILES string of the molecule is CCNC1CC(CC(C)C)c2ccccc21. The van der Waals surface area contributed by atoms with Gasteiger partial charge < -0.3 is 5.32 Å². The second-order valence-corrected chi connectivity index (χ2v) is 5.30. The van der Waals surface area contributed by atoms with E-state index in [-0.39, 0.29) is 0 Å². The molecule has 1 nitrogen and oxygen atoms in total. The van der Waals surface area contributed by atoms with Gasteiger partial charge in [0.25, 0.3) is 0 Å². The Morgan fingerprint density at radius 2 is 1.94 bits per heavy atom. The molecule has 0 amide bonds. The zero-order chi connectivity index (χ0) is 11.5. The Labute approximate surface area is 99.3 Å². The van der Waals surface area contributed by atoms with Crippen LogP contribution in [0.3, 0.4) is 0 Å². The van der Waals surface area contributed by atoms with Crippen molar-refractivity contribution >= 4 is 0 Å². The average Bonchev–Trinajstić information content (AvgIpc) is 2.58. The Morgan fingerprint density at radius 3 is 2.56 bits per heavy atom. The Morgan fingerprint density at radius 1 is 1.25 bits per heavy atom. The molecule has 2 atom stereocenters. The van der Waals surface area contributed by atoms with Gasteiger partial charge in [-0.15, -0.1) is 0 Å². The third kappa shape index (κ3) is 2.30. The minimum absolute atomic E-state index is 0.588. The number of benzene rings is 1. The van der Waals surface area contributed by atoms with Crippen molar-refractivity contribution in [2.24, 2.45) is 5.92 Å². The van der Waals surface area contributed by atoms with Crippen LogP contribution in [0.1, 0.15) is 56.7 Å². The molecule has 1 aromatic rings. The van der Waals surface area contributed by atoms with E-state index in [4.69, 9.17) is 0 Å². The lowest BCUT2D eigenvalue weighted by molar-refractivity contribution is 0.446. The van der Waals surface area contributed by atoms with E-state index in [2.05, 4.69) is 50.4 Å². The van der Waals surface area contributed by atoms with Crippen LogP contribution in [0.25, 0.3) is 0 Å². The van der Waals surface area contributed by atoms with Crippen LogP contribution in [0.15, 0.2) is 24.3 Å². The maximum absolute atomic E-state index is 3.60. The van der Waals surface area contributed by atoms with Crippen molar-refractivity contribution in [2.45, 2.75) is 45.6 Å². The highest BCUT2D eigenvalue weighted by Crippen LogP contribution is 2.43. The molecule has 0 aromatic heterocycles. The van der Waals surface area contributed by atoms with Crippen LogP contribution >= 0.6 is 0 Å². The molecule has 0 radical (unpaired) electrons. The van der Waals surface area contributed by atoms with Gasteiger partial charge in [-0.3, -0.25) is 0 Å². The summed E-state index contributed by atoms with van der Waals surface area (Å²) in [5.41, 5.74) is 3.12. The third-order valence-corrected chi connectivity index (χ3v) is 3.54. The maximum atomic E-state index is 3.60. The summed E-state index contributed by atoms with van der Waals surface area (Å²) in [4.78, 5) is 0. The van der Waals surface area contributed by atoms with Crippen LogP contribution in [0.4, 0.5) is 0 Å². The monoisotopic (exact) mass is 217 g/mol. The molecule has 0 spiro atoms. The Bertz CT molecular complexity index is 343. The number of fused-ring (bicyclic) bond motifs is 1. The fourth-order valence-electron chi connectivity index (χ4n) is 2.97. The predicted octanol–water partition coefficient (Wildman–Crippen LogP) is 3.87. The first-order valence-electron chi connectivity index (χ1n) is 6.54. The second-order valence-electron chi connectivity index (χ2n) is 5.30. The minimum atomic E-state index is 0.588. The predicted molar refractivity (Wildman–Crippen MR) is 69.7 cm³/mol. The summed E-state index contributed by atoms with van der Waals surface area (Å²) in [5, 5.41) is 3.60. The Balaban J connectivity index is 2.21. The molecule has 0 saturated carbocycles. The molecule has 1 heteroatoms. The number of hydrogen-bond acceptors (Lipinski definition) is 1. The van der Waals surface area contributed by atoms with Gasteiger partial charge in [-0.2, -0.15) is 0 Å². The standard InChI is InChI=1S/C15H23N/c1-4-16-15-10-12(9-11(2)3)13-7-5-6-8-14(13)15/h5-8,11-12,15-16H,4,9-10H2,1-3H3. The summed E-state index contributed by atoms with van der Waals surface area (Å²) >= 11 is 0. The summed E-state index contributed by atoms with van der Waals surface area (Å²) in [6.07, 6.45) is 2.60. The molecule has 16 heavy (non-hydrogen) atoms. The largest absolute Gasteiger partial charge is 0.310 e. The van der Waals surface area contributed by atoms with Crippen molar-refractivity contribution < 1.29 is 0 Å². The van der Waals surface area contributed by atoms with E-state index in [9.17, 15) is 0 Å². The molecular formula is C15H23N. The Hall–Kier alpha value is -0.820. The lowest BCUT2D eigenvalue weighted by atomic mass is 9.92. The number of rotatable bonds is 4. The summed E-state index contributed by atoms with van der Waals surface area (Å²) < 4.78 is 0. The molecule has 0 bridgehead atoms. The van der Waals surface area contributed by atoms with E-state index in [1.165, 1.54) is 18.4 Å². The van der Waals surface area contributed by atoms with Gasteiger partial charge in [0.05, 0.1) is 0 Å². The highest BCUT2D eigenvalue weighted by Gasteiger charge is 2.29. The van der Waals surface area contributed by atoms with Crippen LogP contribution < -0.4 is 5.32 Å². The molecular weight excluding hydrogens is 194 g/mol. The topological polar surface area (TPSA) is 12.0 Å². The quantitative estimate of drug-likeness (QED) is 0.807. The zero-order valence-electron chi connectivity index (χ0n) is 10.7. The van der Waals surface area contributed by atoms with Crippen LogP contribution in [-0.2, 0) is 0 Å². The zero-order valence-corrected chi connectivity index (χ0v) is 10.7. The van der Waals surface area contributed by atoms with Gasteiger partial charge in [0.1, 0.15) is 0 Å². The van der Waals surface area contributed by atoms with E-state index >= 15 is 0 Å². The van der Waals surface area contributed by atoms with Crippen molar-refractivity contribution in [3.63, 3.8) is 0 Å². The van der Waals surface area contributed by atoms with Crippen LogP contribution in [-0.4, -0.2) is 6.54 Å². The molecule has 2 rings (SSSR count). The van der Waals surface area contributed by atoms with Crippen molar-refractivity contribution in [1.29, 1.82) is 0 Å². The van der Waals surface area contributed by atoms with Crippen LogP contribution in [0.2, 0.25) is 0 Å². The highest BCUT2D eigenvalue weighted by molar-refractivity contribution is 5.38. The fraction of sp³-hybridized carbons (Fsp3) is 0.600. The van der Waals surface area contributed by atoms with Gasteiger partial charge in [0, 0.05) is 6.04 Å². The van der Waals surface area contributed by atoms with Crippen molar-refractivity contribution in [2.75, 3.05) is 6.54 Å². The first kappa shape index (κ1) is 11.7. The smallest absolute Gasteiger partial charge is 0.0328 e. The van der Waals surface area contributed by atoms with E-state index < -0.39 is 0 Å². The molecule has 1 aromatic carbocycles. The van der Waals surface area contributed by atoms with Gasteiger partial charge in [0.15, 0.2) is 0 Å². The summed E-state index contributed by atoms with van der Waals surface area (Å²) in [7, 11) is 0. The number of nitrogens with one attached hydrogen (secondary N) is 1. The maximum Gasteiger partial charge on any atom is 0.0328 e. The highest BCUT2D eigenvalue weighted by atomic mass is 14.9. The normalized spacial score (nSPS) is 23.8. The first-order chi connectivity index (χ1) is 7.72. The number of hydrogen-bond donors (Lipinski definition) is 1. The lowest BCUT2D eigenvalue weighted by Crippen LogP contribution is -2.18. The van der Waals surface area contributed by atoms with E-state index in [0.29, 0.717) is 6.04 Å². The van der Waals surface area contributed by atoms with Gasteiger partial charge in [-0.1, -0.05) is 45.0 Å². The molecule has 88 valence electrons.